The lowest BCUT2D eigenvalue weighted by molar-refractivity contribution is -0.182. The van der Waals surface area contributed by atoms with Crippen LogP contribution in [0.4, 0.5) is 18.9 Å². The van der Waals surface area contributed by atoms with E-state index in [4.69, 9.17) is 4.74 Å². The summed E-state index contributed by atoms with van der Waals surface area (Å²) in [5.41, 5.74) is 0.432. The maximum absolute atomic E-state index is 13.1. The third kappa shape index (κ3) is 3.32. The summed E-state index contributed by atoms with van der Waals surface area (Å²) in [6.45, 7) is -0.0639. The number of anilines is 1. The third-order valence-corrected chi connectivity index (χ3v) is 3.89. The lowest BCUT2D eigenvalue weighted by Gasteiger charge is -2.25. The fraction of sp³-hybridized carbons (Fsp3) is 0.571. The van der Waals surface area contributed by atoms with E-state index in [9.17, 15) is 18.0 Å². The number of hydrogen-bond acceptors (Lipinski definition) is 4. The minimum Gasteiger partial charge on any atom is -0.481 e. The van der Waals surface area contributed by atoms with Gasteiger partial charge in [-0.3, -0.25) is 4.79 Å². The van der Waals surface area contributed by atoms with Crippen LogP contribution in [0, 0.1) is 11.8 Å². The van der Waals surface area contributed by atoms with Crippen molar-refractivity contribution in [3.8, 4) is 5.88 Å². The van der Waals surface area contributed by atoms with Gasteiger partial charge in [-0.15, -0.1) is 0 Å². The number of likely N-dealkylation sites (tertiary alicyclic amines) is 1. The Bertz CT molecular complexity index is 533. The molecular formula is C14H18F3N3O2. The SMILES string of the molecule is COc1ccc(N(C)C(=O)C2CN(C)CC2C(F)(F)F)cn1. The summed E-state index contributed by atoms with van der Waals surface area (Å²) in [5, 5.41) is 0. The van der Waals surface area contributed by atoms with Crippen molar-refractivity contribution in [2.75, 3.05) is 39.2 Å². The normalized spacial score (nSPS) is 22.6. The first-order chi connectivity index (χ1) is 10.2. The average Bonchev–Trinajstić information content (AvgIpc) is 2.88. The first-order valence-electron chi connectivity index (χ1n) is 6.77. The van der Waals surface area contributed by atoms with E-state index < -0.39 is 23.9 Å². The van der Waals surface area contributed by atoms with Gasteiger partial charge in [-0.2, -0.15) is 13.2 Å². The molecule has 2 atom stereocenters. The third-order valence-electron chi connectivity index (χ3n) is 3.89. The molecule has 1 aliphatic heterocycles. The van der Waals surface area contributed by atoms with E-state index >= 15 is 0 Å². The zero-order valence-corrected chi connectivity index (χ0v) is 12.6. The molecule has 2 rings (SSSR count). The molecule has 1 fully saturated rings. The lowest BCUT2D eigenvalue weighted by Crippen LogP contribution is -2.41. The summed E-state index contributed by atoms with van der Waals surface area (Å²) in [4.78, 5) is 19.2. The van der Waals surface area contributed by atoms with Crippen molar-refractivity contribution in [1.82, 2.24) is 9.88 Å². The Balaban J connectivity index is 2.18. The number of carbonyl (C=O) groups excluding carboxylic acids is 1. The van der Waals surface area contributed by atoms with Crippen LogP contribution in [0.15, 0.2) is 18.3 Å². The predicted molar refractivity (Wildman–Crippen MR) is 74.7 cm³/mol. The number of amides is 1. The van der Waals surface area contributed by atoms with Gasteiger partial charge in [0.1, 0.15) is 0 Å². The van der Waals surface area contributed by atoms with Gasteiger partial charge < -0.3 is 14.5 Å². The Kier molecular flexibility index (Phi) is 4.60. The van der Waals surface area contributed by atoms with Gasteiger partial charge in [-0.1, -0.05) is 0 Å². The van der Waals surface area contributed by atoms with Gasteiger partial charge in [-0.05, 0) is 13.1 Å². The highest BCUT2D eigenvalue weighted by Gasteiger charge is 2.52. The highest BCUT2D eigenvalue weighted by atomic mass is 19.4. The molecule has 1 saturated heterocycles. The van der Waals surface area contributed by atoms with Crippen LogP contribution in [0.5, 0.6) is 5.88 Å². The molecule has 0 radical (unpaired) electrons. The van der Waals surface area contributed by atoms with Crippen LogP contribution in [-0.4, -0.2) is 56.3 Å². The zero-order chi connectivity index (χ0) is 16.5. The molecular weight excluding hydrogens is 299 g/mol. The molecule has 8 heteroatoms. The second kappa shape index (κ2) is 6.12. The topological polar surface area (TPSA) is 45.7 Å². The van der Waals surface area contributed by atoms with Crippen molar-refractivity contribution in [2.24, 2.45) is 11.8 Å². The smallest absolute Gasteiger partial charge is 0.393 e. The van der Waals surface area contributed by atoms with E-state index in [1.807, 2.05) is 0 Å². The number of ether oxygens (including phenoxy) is 1. The van der Waals surface area contributed by atoms with E-state index in [1.165, 1.54) is 30.2 Å². The number of alkyl halides is 3. The molecule has 122 valence electrons. The summed E-state index contributed by atoms with van der Waals surface area (Å²) < 4.78 is 44.2. The Morgan fingerprint density at radius 1 is 1.41 bits per heavy atom. The molecule has 0 bridgehead atoms. The maximum Gasteiger partial charge on any atom is 0.393 e. The van der Waals surface area contributed by atoms with Crippen molar-refractivity contribution in [3.63, 3.8) is 0 Å². The molecule has 1 aromatic rings. The zero-order valence-electron chi connectivity index (χ0n) is 12.6. The van der Waals surface area contributed by atoms with Crippen molar-refractivity contribution in [2.45, 2.75) is 6.18 Å². The molecule has 5 nitrogen and oxygen atoms in total. The molecule has 0 saturated carbocycles. The number of rotatable bonds is 3. The van der Waals surface area contributed by atoms with Gasteiger partial charge in [0.25, 0.3) is 0 Å². The Labute approximate surface area is 126 Å². The summed E-state index contributed by atoms with van der Waals surface area (Å²) in [5.74, 6) is -2.92. The van der Waals surface area contributed by atoms with Crippen molar-refractivity contribution >= 4 is 11.6 Å². The van der Waals surface area contributed by atoms with Crippen molar-refractivity contribution in [3.05, 3.63) is 18.3 Å². The van der Waals surface area contributed by atoms with E-state index in [-0.39, 0.29) is 13.1 Å². The number of nitrogens with zero attached hydrogens (tertiary/aromatic N) is 3. The van der Waals surface area contributed by atoms with Crippen LogP contribution in [0.25, 0.3) is 0 Å². The van der Waals surface area contributed by atoms with Crippen LogP contribution in [0.1, 0.15) is 0 Å². The summed E-state index contributed by atoms with van der Waals surface area (Å²) >= 11 is 0. The monoisotopic (exact) mass is 317 g/mol. The molecule has 2 unspecified atom stereocenters. The van der Waals surface area contributed by atoms with Gasteiger partial charge in [0.05, 0.1) is 30.8 Å². The molecule has 0 spiro atoms. The standard InChI is InChI=1S/C14H18F3N3O2/c1-19-7-10(11(8-19)14(15,16)17)13(21)20(2)9-4-5-12(22-3)18-6-9/h4-6,10-11H,7-8H2,1-3H3. The fourth-order valence-electron chi connectivity index (χ4n) is 2.65. The van der Waals surface area contributed by atoms with Crippen LogP contribution in [-0.2, 0) is 4.79 Å². The second-order valence-electron chi connectivity index (χ2n) is 5.43. The second-order valence-corrected chi connectivity index (χ2v) is 5.43. The minimum absolute atomic E-state index is 0.0942. The molecule has 1 amide bonds. The maximum atomic E-state index is 13.1. The molecule has 1 aliphatic rings. The Morgan fingerprint density at radius 2 is 2.09 bits per heavy atom. The number of pyridine rings is 1. The molecule has 22 heavy (non-hydrogen) atoms. The summed E-state index contributed by atoms with van der Waals surface area (Å²) in [7, 11) is 4.50. The van der Waals surface area contributed by atoms with Crippen LogP contribution in [0.3, 0.4) is 0 Å². The van der Waals surface area contributed by atoms with Gasteiger partial charge in [0.2, 0.25) is 11.8 Å². The van der Waals surface area contributed by atoms with Gasteiger partial charge in [0, 0.05) is 26.2 Å². The van der Waals surface area contributed by atoms with E-state index in [2.05, 4.69) is 4.98 Å². The van der Waals surface area contributed by atoms with Crippen LogP contribution in [0.2, 0.25) is 0 Å². The lowest BCUT2D eigenvalue weighted by atomic mass is 9.94. The van der Waals surface area contributed by atoms with E-state index in [1.54, 1.807) is 19.2 Å². The highest BCUT2D eigenvalue weighted by Crippen LogP contribution is 2.38. The molecule has 0 aliphatic carbocycles. The van der Waals surface area contributed by atoms with E-state index in [0.29, 0.717) is 11.6 Å². The first kappa shape index (κ1) is 16.5. The van der Waals surface area contributed by atoms with E-state index in [0.717, 1.165) is 0 Å². The van der Waals surface area contributed by atoms with Crippen LogP contribution >= 0.6 is 0 Å². The number of hydrogen-bond donors (Lipinski definition) is 0. The van der Waals surface area contributed by atoms with Gasteiger partial charge in [0.15, 0.2) is 0 Å². The Hall–Kier alpha value is -1.83. The van der Waals surface area contributed by atoms with Crippen molar-refractivity contribution < 1.29 is 22.7 Å². The van der Waals surface area contributed by atoms with Gasteiger partial charge in [-0.25, -0.2) is 4.98 Å². The first-order valence-corrected chi connectivity index (χ1v) is 6.77. The Morgan fingerprint density at radius 3 is 2.59 bits per heavy atom. The average molecular weight is 317 g/mol. The van der Waals surface area contributed by atoms with Gasteiger partial charge >= 0.3 is 6.18 Å². The summed E-state index contributed by atoms with van der Waals surface area (Å²) in [6, 6.07) is 3.14. The van der Waals surface area contributed by atoms with Crippen LogP contribution < -0.4 is 9.64 Å². The molecule has 0 N–H and O–H groups in total. The highest BCUT2D eigenvalue weighted by molar-refractivity contribution is 5.95. The quantitative estimate of drug-likeness (QED) is 0.853. The number of halogens is 3. The fourth-order valence-corrected chi connectivity index (χ4v) is 2.65. The number of aromatic nitrogens is 1. The predicted octanol–water partition coefficient (Wildman–Crippen LogP) is 1.79. The minimum atomic E-state index is -4.38. The number of carbonyl (C=O) groups is 1. The molecule has 1 aromatic heterocycles. The number of methoxy groups -OCH3 is 1. The largest absolute Gasteiger partial charge is 0.481 e. The molecule has 2 heterocycles. The van der Waals surface area contributed by atoms with Crippen molar-refractivity contribution in [1.29, 1.82) is 0 Å². The molecule has 0 aromatic carbocycles. The summed E-state index contributed by atoms with van der Waals surface area (Å²) in [6.07, 6.45) is -2.98.